The van der Waals surface area contributed by atoms with Crippen LogP contribution in [0.4, 0.5) is 5.69 Å². The minimum Gasteiger partial charge on any atom is -0.491 e. The first-order valence-corrected chi connectivity index (χ1v) is 7.93. The number of rotatable bonds is 6. The third kappa shape index (κ3) is 4.65. The van der Waals surface area contributed by atoms with Crippen molar-refractivity contribution >= 4 is 28.6 Å². The molecule has 0 bridgehead atoms. The van der Waals surface area contributed by atoms with E-state index in [9.17, 15) is 4.79 Å². The van der Waals surface area contributed by atoms with Crippen LogP contribution in [0.1, 0.15) is 5.69 Å². The van der Waals surface area contributed by atoms with Crippen LogP contribution in [0.2, 0.25) is 0 Å². The Morgan fingerprint density at radius 2 is 1.88 bits per heavy atom. The zero-order valence-corrected chi connectivity index (χ0v) is 13.6. The predicted molar refractivity (Wildman–Crippen MR) is 98.4 cm³/mol. The maximum Gasteiger partial charge on any atom is 0.248 e. The van der Waals surface area contributed by atoms with Gasteiger partial charge in [0.25, 0.3) is 0 Å². The van der Waals surface area contributed by atoms with Crippen LogP contribution < -0.4 is 10.1 Å². The van der Waals surface area contributed by atoms with E-state index < -0.39 is 0 Å². The highest BCUT2D eigenvalue weighted by molar-refractivity contribution is 6.01. The summed E-state index contributed by atoms with van der Waals surface area (Å²) >= 11 is 0. The Morgan fingerprint density at radius 3 is 2.68 bits per heavy atom. The molecule has 25 heavy (non-hydrogen) atoms. The number of hydrogen-bond acceptors (Lipinski definition) is 4. The Balaban J connectivity index is 1.61. The van der Waals surface area contributed by atoms with Gasteiger partial charge in [-0.3, -0.25) is 4.79 Å². The van der Waals surface area contributed by atoms with Crippen LogP contribution in [0.3, 0.4) is 0 Å². The average Bonchev–Trinajstić information content (AvgIpc) is 2.65. The zero-order valence-electron chi connectivity index (χ0n) is 13.6. The van der Waals surface area contributed by atoms with Crippen LogP contribution in [0.5, 0.6) is 5.75 Å². The number of carbonyl (C=O) groups excluding carboxylic acids is 1. The first-order chi connectivity index (χ1) is 12.2. The molecule has 1 aromatic heterocycles. The van der Waals surface area contributed by atoms with Crippen molar-refractivity contribution in [3.05, 3.63) is 72.4 Å². The molecular formula is C20H18N2O3. The largest absolute Gasteiger partial charge is 0.491 e. The van der Waals surface area contributed by atoms with Gasteiger partial charge in [-0.25, -0.2) is 4.98 Å². The molecule has 0 aliphatic carbocycles. The molecule has 0 unspecified atom stereocenters. The van der Waals surface area contributed by atoms with Crippen molar-refractivity contribution in [3.8, 4) is 5.75 Å². The molecule has 0 fully saturated rings. The first kappa shape index (κ1) is 16.7. The molecule has 1 heterocycles. The van der Waals surface area contributed by atoms with E-state index in [1.54, 1.807) is 30.3 Å². The van der Waals surface area contributed by atoms with Crippen molar-refractivity contribution in [2.45, 2.75) is 0 Å². The molecule has 0 aliphatic heterocycles. The summed E-state index contributed by atoms with van der Waals surface area (Å²) < 4.78 is 5.27. The quantitative estimate of drug-likeness (QED) is 0.679. The highest BCUT2D eigenvalue weighted by Crippen LogP contribution is 2.16. The molecule has 5 heteroatoms. The van der Waals surface area contributed by atoms with Crippen LogP contribution in [0, 0.1) is 0 Å². The van der Waals surface area contributed by atoms with Gasteiger partial charge in [-0.05, 0) is 42.5 Å². The maximum absolute atomic E-state index is 12.0. The molecule has 2 aromatic carbocycles. The molecular weight excluding hydrogens is 316 g/mol. The lowest BCUT2D eigenvalue weighted by molar-refractivity contribution is -0.111. The van der Waals surface area contributed by atoms with Crippen molar-refractivity contribution in [3.63, 3.8) is 0 Å². The van der Waals surface area contributed by atoms with E-state index in [4.69, 9.17) is 9.84 Å². The smallest absolute Gasteiger partial charge is 0.248 e. The second-order valence-corrected chi connectivity index (χ2v) is 5.35. The standard InChI is InChI=1S/C20H18N2O3/c23-13-14-25-18-10-7-17(8-11-18)22-20(24)12-9-16-6-5-15-3-1-2-4-19(15)21-16/h1-12,23H,13-14H2,(H,22,24)/b12-9+. The number of anilines is 1. The van der Waals surface area contributed by atoms with Crippen LogP contribution in [0.15, 0.2) is 66.7 Å². The molecule has 3 rings (SSSR count). The normalized spacial score (nSPS) is 10.9. The fourth-order valence-corrected chi connectivity index (χ4v) is 2.32. The number of benzene rings is 2. The van der Waals surface area contributed by atoms with Gasteiger partial charge in [0.15, 0.2) is 0 Å². The van der Waals surface area contributed by atoms with Gasteiger partial charge in [-0.15, -0.1) is 0 Å². The van der Waals surface area contributed by atoms with Crippen LogP contribution in [-0.2, 0) is 4.79 Å². The molecule has 1 amide bonds. The molecule has 5 nitrogen and oxygen atoms in total. The van der Waals surface area contributed by atoms with Gasteiger partial charge >= 0.3 is 0 Å². The van der Waals surface area contributed by atoms with Gasteiger partial charge in [0.1, 0.15) is 12.4 Å². The summed E-state index contributed by atoms with van der Waals surface area (Å²) in [6.07, 6.45) is 3.13. The number of hydrogen-bond donors (Lipinski definition) is 2. The molecule has 0 atom stereocenters. The summed E-state index contributed by atoms with van der Waals surface area (Å²) in [5, 5.41) is 12.6. The van der Waals surface area contributed by atoms with Crippen LogP contribution in [0.25, 0.3) is 17.0 Å². The SMILES string of the molecule is O=C(/C=C/c1ccc2ccccc2n1)Nc1ccc(OCCO)cc1. The number of pyridine rings is 1. The third-order valence-electron chi connectivity index (χ3n) is 3.51. The number of ether oxygens (including phenoxy) is 1. The Hall–Kier alpha value is -3.18. The Labute approximate surface area is 145 Å². The third-order valence-corrected chi connectivity index (χ3v) is 3.51. The van der Waals surface area contributed by atoms with Gasteiger partial charge < -0.3 is 15.2 Å². The minimum absolute atomic E-state index is 0.0356. The summed E-state index contributed by atoms with van der Waals surface area (Å²) in [6.45, 7) is 0.208. The van der Waals surface area contributed by atoms with E-state index in [0.29, 0.717) is 11.4 Å². The van der Waals surface area contributed by atoms with Crippen molar-refractivity contribution < 1.29 is 14.6 Å². The van der Waals surface area contributed by atoms with E-state index in [2.05, 4.69) is 10.3 Å². The number of aliphatic hydroxyl groups excluding tert-OH is 1. The molecule has 3 aromatic rings. The minimum atomic E-state index is -0.237. The summed E-state index contributed by atoms with van der Waals surface area (Å²) in [6, 6.07) is 18.6. The Kier molecular flexibility index (Phi) is 5.39. The lowest BCUT2D eigenvalue weighted by Crippen LogP contribution is -2.08. The number of carbonyl (C=O) groups is 1. The summed E-state index contributed by atoms with van der Waals surface area (Å²) in [4.78, 5) is 16.5. The Morgan fingerprint density at radius 1 is 1.08 bits per heavy atom. The first-order valence-electron chi connectivity index (χ1n) is 7.93. The van der Waals surface area contributed by atoms with Crippen molar-refractivity contribution in [1.82, 2.24) is 4.98 Å². The lowest BCUT2D eigenvalue weighted by Gasteiger charge is -2.06. The summed E-state index contributed by atoms with van der Waals surface area (Å²) in [5.41, 5.74) is 2.28. The van der Waals surface area contributed by atoms with E-state index in [1.807, 2.05) is 36.4 Å². The number of amides is 1. The maximum atomic E-state index is 12.0. The van der Waals surface area contributed by atoms with Gasteiger partial charge in [0, 0.05) is 17.1 Å². The Bertz CT molecular complexity index is 889. The average molecular weight is 334 g/mol. The van der Waals surface area contributed by atoms with Crippen LogP contribution in [-0.4, -0.2) is 29.2 Å². The molecule has 0 spiro atoms. The molecule has 0 saturated heterocycles. The monoisotopic (exact) mass is 334 g/mol. The number of nitrogens with one attached hydrogen (secondary N) is 1. The highest BCUT2D eigenvalue weighted by Gasteiger charge is 2.00. The fraction of sp³-hybridized carbons (Fsp3) is 0.100. The molecule has 0 radical (unpaired) electrons. The van der Waals surface area contributed by atoms with Crippen LogP contribution >= 0.6 is 0 Å². The van der Waals surface area contributed by atoms with Gasteiger partial charge in [0.05, 0.1) is 17.8 Å². The summed E-state index contributed by atoms with van der Waals surface area (Å²) in [5.74, 6) is 0.405. The summed E-state index contributed by atoms with van der Waals surface area (Å²) in [7, 11) is 0. The second-order valence-electron chi connectivity index (χ2n) is 5.35. The van der Waals surface area contributed by atoms with E-state index in [1.165, 1.54) is 6.08 Å². The molecule has 2 N–H and O–H groups in total. The predicted octanol–water partition coefficient (Wildman–Crippen LogP) is 3.26. The number of aromatic nitrogens is 1. The molecule has 0 aliphatic rings. The number of aliphatic hydroxyl groups is 1. The number of para-hydroxylation sites is 1. The van der Waals surface area contributed by atoms with Gasteiger partial charge in [0.2, 0.25) is 5.91 Å². The van der Waals surface area contributed by atoms with E-state index >= 15 is 0 Å². The van der Waals surface area contributed by atoms with Gasteiger partial charge in [-0.1, -0.05) is 24.3 Å². The molecule has 126 valence electrons. The van der Waals surface area contributed by atoms with E-state index in [0.717, 1.165) is 16.6 Å². The highest BCUT2D eigenvalue weighted by atomic mass is 16.5. The van der Waals surface area contributed by atoms with Crippen molar-refractivity contribution in [1.29, 1.82) is 0 Å². The van der Waals surface area contributed by atoms with Gasteiger partial charge in [-0.2, -0.15) is 0 Å². The molecule has 0 saturated carbocycles. The van der Waals surface area contributed by atoms with Crippen molar-refractivity contribution in [2.24, 2.45) is 0 Å². The second kappa shape index (κ2) is 8.08. The number of nitrogens with zero attached hydrogens (tertiary/aromatic N) is 1. The zero-order chi connectivity index (χ0) is 17.5. The van der Waals surface area contributed by atoms with E-state index in [-0.39, 0.29) is 19.1 Å². The fourth-order valence-electron chi connectivity index (χ4n) is 2.32. The lowest BCUT2D eigenvalue weighted by atomic mass is 10.2. The topological polar surface area (TPSA) is 71.5 Å². The number of fused-ring (bicyclic) bond motifs is 1. The van der Waals surface area contributed by atoms with Crippen molar-refractivity contribution in [2.75, 3.05) is 18.5 Å².